The van der Waals surface area contributed by atoms with Gasteiger partial charge in [-0.25, -0.2) is 5.06 Å². The summed E-state index contributed by atoms with van der Waals surface area (Å²) >= 11 is 0. The minimum Gasteiger partial charge on any atom is -0.272 e. The molecule has 1 heterocycles. The lowest BCUT2D eigenvalue weighted by Crippen LogP contribution is -2.16. The lowest BCUT2D eigenvalue weighted by atomic mass is 10.3. The number of hydrogen-bond donors (Lipinski definition) is 0. The smallest absolute Gasteiger partial charge is 0.248 e. The fourth-order valence-corrected chi connectivity index (χ4v) is 0.740. The van der Waals surface area contributed by atoms with Gasteiger partial charge in [-0.1, -0.05) is 0 Å². The molecular formula is C5H9NO2. The summed E-state index contributed by atoms with van der Waals surface area (Å²) in [5.41, 5.74) is 0. The lowest BCUT2D eigenvalue weighted by molar-refractivity contribution is -0.162. The second kappa shape index (κ2) is 1.74. The second-order valence-electron chi connectivity index (χ2n) is 2.01. The molecule has 0 spiro atoms. The highest BCUT2D eigenvalue weighted by Gasteiger charge is 2.23. The molecule has 1 aliphatic heterocycles. The molecule has 0 radical (unpaired) electrons. The molecule has 1 rings (SSSR count). The van der Waals surface area contributed by atoms with E-state index in [2.05, 4.69) is 0 Å². The van der Waals surface area contributed by atoms with E-state index in [1.54, 1.807) is 7.05 Å². The Morgan fingerprint density at radius 2 is 2.50 bits per heavy atom. The highest BCUT2D eigenvalue weighted by molar-refractivity contribution is 5.76. The van der Waals surface area contributed by atoms with Crippen molar-refractivity contribution in [2.45, 2.75) is 19.4 Å². The molecule has 0 aromatic carbocycles. The number of hydroxylamine groups is 2. The summed E-state index contributed by atoms with van der Waals surface area (Å²) in [6, 6.07) is 0. The number of hydrogen-bond acceptors (Lipinski definition) is 2. The van der Waals surface area contributed by atoms with Crippen LogP contribution in [-0.4, -0.2) is 24.1 Å². The van der Waals surface area contributed by atoms with Crippen molar-refractivity contribution in [2.75, 3.05) is 7.05 Å². The molecule has 3 nitrogen and oxygen atoms in total. The number of nitrogens with zero attached hydrogens (tertiary/aromatic N) is 1. The van der Waals surface area contributed by atoms with Gasteiger partial charge in [0.1, 0.15) is 0 Å². The molecule has 0 aromatic heterocycles. The van der Waals surface area contributed by atoms with Crippen molar-refractivity contribution in [3.63, 3.8) is 0 Å². The quantitative estimate of drug-likeness (QED) is 0.450. The van der Waals surface area contributed by atoms with Crippen molar-refractivity contribution in [1.82, 2.24) is 5.06 Å². The molecule has 1 fully saturated rings. The van der Waals surface area contributed by atoms with Gasteiger partial charge in [0.25, 0.3) is 0 Å². The lowest BCUT2D eigenvalue weighted by Gasteiger charge is -2.05. The first-order chi connectivity index (χ1) is 3.70. The SMILES string of the molecule is CC1CC(=O)N(C)O1. The van der Waals surface area contributed by atoms with Crippen LogP contribution in [0.25, 0.3) is 0 Å². The Kier molecular flexibility index (Phi) is 1.21. The minimum absolute atomic E-state index is 0.0671. The van der Waals surface area contributed by atoms with Gasteiger partial charge < -0.3 is 0 Å². The summed E-state index contributed by atoms with van der Waals surface area (Å²) < 4.78 is 0. The zero-order valence-corrected chi connectivity index (χ0v) is 5.05. The Hall–Kier alpha value is -0.570. The molecule has 0 aromatic rings. The number of carbonyl (C=O) groups excluding carboxylic acids is 1. The molecule has 8 heavy (non-hydrogen) atoms. The summed E-state index contributed by atoms with van der Waals surface area (Å²) in [6.07, 6.45) is 0.601. The van der Waals surface area contributed by atoms with E-state index in [-0.39, 0.29) is 12.0 Å². The average molecular weight is 115 g/mol. The highest BCUT2D eigenvalue weighted by atomic mass is 16.7. The zero-order chi connectivity index (χ0) is 6.15. The van der Waals surface area contributed by atoms with Crippen LogP contribution in [-0.2, 0) is 9.63 Å². The first kappa shape index (κ1) is 5.56. The van der Waals surface area contributed by atoms with E-state index in [4.69, 9.17) is 4.84 Å². The van der Waals surface area contributed by atoms with Crippen LogP contribution >= 0.6 is 0 Å². The van der Waals surface area contributed by atoms with Crippen LogP contribution in [0, 0.1) is 0 Å². The van der Waals surface area contributed by atoms with E-state index >= 15 is 0 Å². The van der Waals surface area contributed by atoms with Crippen molar-refractivity contribution < 1.29 is 9.63 Å². The van der Waals surface area contributed by atoms with E-state index in [1.807, 2.05) is 6.92 Å². The Labute approximate surface area is 48.2 Å². The topological polar surface area (TPSA) is 29.5 Å². The van der Waals surface area contributed by atoms with E-state index in [9.17, 15) is 4.79 Å². The average Bonchev–Trinajstić information content (AvgIpc) is 1.85. The predicted molar refractivity (Wildman–Crippen MR) is 27.9 cm³/mol. The third kappa shape index (κ3) is 0.816. The Balaban J connectivity index is 2.51. The van der Waals surface area contributed by atoms with Crippen LogP contribution in [0.4, 0.5) is 0 Å². The van der Waals surface area contributed by atoms with Crippen LogP contribution in [0.2, 0.25) is 0 Å². The van der Waals surface area contributed by atoms with Crippen molar-refractivity contribution in [1.29, 1.82) is 0 Å². The van der Waals surface area contributed by atoms with Gasteiger partial charge in [-0.15, -0.1) is 0 Å². The normalized spacial score (nSPS) is 29.5. The third-order valence-electron chi connectivity index (χ3n) is 1.15. The molecule has 0 N–H and O–H groups in total. The summed E-state index contributed by atoms with van der Waals surface area (Å²) in [5, 5.41) is 1.28. The van der Waals surface area contributed by atoms with Gasteiger partial charge in [0.15, 0.2) is 0 Å². The molecule has 0 bridgehead atoms. The van der Waals surface area contributed by atoms with Crippen LogP contribution < -0.4 is 0 Å². The van der Waals surface area contributed by atoms with E-state index in [0.717, 1.165) is 0 Å². The molecule has 1 amide bonds. The van der Waals surface area contributed by atoms with Crippen LogP contribution in [0.1, 0.15) is 13.3 Å². The molecule has 0 saturated carbocycles. The Morgan fingerprint density at radius 3 is 2.62 bits per heavy atom. The second-order valence-corrected chi connectivity index (χ2v) is 2.01. The molecule has 1 unspecified atom stereocenters. The Morgan fingerprint density at radius 1 is 1.88 bits per heavy atom. The summed E-state index contributed by atoms with van der Waals surface area (Å²) in [4.78, 5) is 15.5. The van der Waals surface area contributed by atoms with Crippen molar-refractivity contribution in [3.05, 3.63) is 0 Å². The third-order valence-corrected chi connectivity index (χ3v) is 1.15. The summed E-state index contributed by atoms with van der Waals surface area (Å²) in [6.45, 7) is 1.88. The number of amides is 1. The van der Waals surface area contributed by atoms with Gasteiger partial charge in [-0.3, -0.25) is 9.63 Å². The van der Waals surface area contributed by atoms with Gasteiger partial charge >= 0.3 is 0 Å². The van der Waals surface area contributed by atoms with Crippen LogP contribution in [0.3, 0.4) is 0 Å². The Bertz CT molecular complexity index is 113. The van der Waals surface area contributed by atoms with Crippen molar-refractivity contribution >= 4 is 5.91 Å². The monoisotopic (exact) mass is 115 g/mol. The molecule has 1 saturated heterocycles. The summed E-state index contributed by atoms with van der Waals surface area (Å²) in [5.74, 6) is 0.0671. The molecule has 3 heteroatoms. The maximum atomic E-state index is 10.6. The first-order valence-corrected chi connectivity index (χ1v) is 2.63. The highest BCUT2D eigenvalue weighted by Crippen LogP contribution is 2.10. The molecule has 1 aliphatic rings. The van der Waals surface area contributed by atoms with Gasteiger partial charge in [0.05, 0.1) is 12.5 Å². The maximum absolute atomic E-state index is 10.6. The summed E-state index contributed by atoms with van der Waals surface area (Å²) in [7, 11) is 1.63. The fraction of sp³-hybridized carbons (Fsp3) is 0.800. The van der Waals surface area contributed by atoms with E-state index in [0.29, 0.717) is 6.42 Å². The standard InChI is InChI=1S/C5H9NO2/c1-4-3-5(7)6(2)8-4/h4H,3H2,1-2H3. The number of carbonyl (C=O) groups is 1. The minimum atomic E-state index is 0.0671. The van der Waals surface area contributed by atoms with E-state index in [1.165, 1.54) is 5.06 Å². The predicted octanol–water partition coefficient (Wildman–Crippen LogP) is 0.169. The van der Waals surface area contributed by atoms with Gasteiger partial charge in [-0.2, -0.15) is 0 Å². The fourth-order valence-electron chi connectivity index (χ4n) is 0.740. The van der Waals surface area contributed by atoms with Gasteiger partial charge in [0, 0.05) is 7.05 Å². The number of rotatable bonds is 0. The van der Waals surface area contributed by atoms with E-state index < -0.39 is 0 Å². The molecular weight excluding hydrogens is 106 g/mol. The zero-order valence-electron chi connectivity index (χ0n) is 5.05. The van der Waals surface area contributed by atoms with Gasteiger partial charge in [-0.05, 0) is 6.92 Å². The van der Waals surface area contributed by atoms with Crippen LogP contribution in [0.15, 0.2) is 0 Å². The van der Waals surface area contributed by atoms with Crippen molar-refractivity contribution in [2.24, 2.45) is 0 Å². The largest absolute Gasteiger partial charge is 0.272 e. The molecule has 0 aliphatic carbocycles. The van der Waals surface area contributed by atoms with Crippen molar-refractivity contribution in [3.8, 4) is 0 Å². The maximum Gasteiger partial charge on any atom is 0.248 e. The van der Waals surface area contributed by atoms with Gasteiger partial charge in [0.2, 0.25) is 5.91 Å². The molecule has 1 atom stereocenters. The first-order valence-electron chi connectivity index (χ1n) is 2.63. The van der Waals surface area contributed by atoms with Crippen LogP contribution in [0.5, 0.6) is 0 Å². The molecule has 46 valence electrons.